The molecule has 0 radical (unpaired) electrons. The van der Waals surface area contributed by atoms with Gasteiger partial charge in [0.2, 0.25) is 0 Å². The molecule has 0 amide bonds. The average Bonchev–Trinajstić information content (AvgIpc) is 2.46. The zero-order valence-electron chi connectivity index (χ0n) is 14.9. The summed E-state index contributed by atoms with van der Waals surface area (Å²) in [6.07, 6.45) is 11.4. The van der Waals surface area contributed by atoms with Crippen molar-refractivity contribution in [2.24, 2.45) is 5.92 Å². The second-order valence-corrected chi connectivity index (χ2v) is 7.70. The molecule has 0 aliphatic rings. The van der Waals surface area contributed by atoms with Crippen LogP contribution in [0.3, 0.4) is 0 Å². The average molecular weight is 348 g/mol. The van der Waals surface area contributed by atoms with Crippen LogP contribution in [0, 0.1) is 5.92 Å². The minimum Gasteiger partial charge on any atom is -0.744 e. The van der Waals surface area contributed by atoms with E-state index in [4.69, 9.17) is 0 Å². The number of benzene rings is 1. The van der Waals surface area contributed by atoms with Gasteiger partial charge in [-0.15, -0.1) is 0 Å². The van der Waals surface area contributed by atoms with Crippen LogP contribution in [0.5, 0.6) is 0 Å². The molecule has 1 atom stereocenters. The summed E-state index contributed by atoms with van der Waals surface area (Å²) in [5.41, 5.74) is 1.10. The standard InChI is InChI=1S/C18H30O3S.Na/c1-3-4-5-6-7-8-9-10-16(2)15-17-11-13-18(14-12-17)22(19,20)21;/h11-14,16H,3-10,15H2,1-2H3,(H,19,20,21);/q;+1/p-1. The first-order chi connectivity index (χ1) is 10.4. The summed E-state index contributed by atoms with van der Waals surface area (Å²) >= 11 is 0. The molecule has 0 saturated heterocycles. The van der Waals surface area contributed by atoms with Crippen LogP contribution in [0.25, 0.3) is 0 Å². The molecule has 0 aromatic heterocycles. The van der Waals surface area contributed by atoms with Gasteiger partial charge in [-0.3, -0.25) is 0 Å². The van der Waals surface area contributed by atoms with E-state index in [1.807, 2.05) is 0 Å². The van der Waals surface area contributed by atoms with E-state index < -0.39 is 10.1 Å². The van der Waals surface area contributed by atoms with Crippen LogP contribution in [0.4, 0.5) is 0 Å². The van der Waals surface area contributed by atoms with Gasteiger partial charge in [-0.05, 0) is 30.0 Å². The fourth-order valence-electron chi connectivity index (χ4n) is 2.75. The van der Waals surface area contributed by atoms with Crippen LogP contribution in [0.15, 0.2) is 29.2 Å². The Hall–Kier alpha value is 0.130. The first-order valence-corrected chi connectivity index (χ1v) is 9.89. The van der Waals surface area contributed by atoms with Gasteiger partial charge >= 0.3 is 29.6 Å². The molecule has 1 unspecified atom stereocenters. The second-order valence-electron chi connectivity index (χ2n) is 6.32. The van der Waals surface area contributed by atoms with Gasteiger partial charge in [0.15, 0.2) is 0 Å². The van der Waals surface area contributed by atoms with E-state index in [1.165, 1.54) is 63.5 Å². The van der Waals surface area contributed by atoms with Crippen LogP contribution in [0.2, 0.25) is 0 Å². The quantitative estimate of drug-likeness (QED) is 0.349. The molecule has 0 N–H and O–H groups in total. The van der Waals surface area contributed by atoms with Gasteiger partial charge in [0.25, 0.3) is 0 Å². The van der Waals surface area contributed by atoms with Gasteiger partial charge in [-0.1, -0.05) is 77.3 Å². The van der Waals surface area contributed by atoms with E-state index >= 15 is 0 Å². The van der Waals surface area contributed by atoms with Crippen LogP contribution < -0.4 is 29.6 Å². The predicted molar refractivity (Wildman–Crippen MR) is 89.9 cm³/mol. The second kappa shape index (κ2) is 12.5. The van der Waals surface area contributed by atoms with Crippen LogP contribution in [-0.2, 0) is 16.5 Å². The Morgan fingerprint density at radius 2 is 1.48 bits per heavy atom. The Morgan fingerprint density at radius 3 is 2.00 bits per heavy atom. The van der Waals surface area contributed by atoms with Gasteiger partial charge < -0.3 is 4.55 Å². The third-order valence-corrected chi connectivity index (χ3v) is 4.95. The number of hydrogen-bond donors (Lipinski definition) is 0. The van der Waals surface area contributed by atoms with Crippen molar-refractivity contribution in [1.29, 1.82) is 0 Å². The summed E-state index contributed by atoms with van der Waals surface area (Å²) in [5, 5.41) is 0. The van der Waals surface area contributed by atoms with Crippen molar-refractivity contribution in [2.45, 2.75) is 76.5 Å². The van der Waals surface area contributed by atoms with Crippen molar-refractivity contribution in [3.63, 3.8) is 0 Å². The molecule has 1 rings (SSSR count). The Labute approximate surface area is 164 Å². The Morgan fingerprint density at radius 1 is 0.957 bits per heavy atom. The molecule has 0 aliphatic heterocycles. The van der Waals surface area contributed by atoms with Crippen LogP contribution >= 0.6 is 0 Å². The van der Waals surface area contributed by atoms with Crippen LogP contribution in [-0.4, -0.2) is 13.0 Å². The number of rotatable bonds is 11. The molecular formula is C18H29NaO3S. The summed E-state index contributed by atoms with van der Waals surface area (Å²) in [6, 6.07) is 6.34. The molecule has 126 valence electrons. The zero-order valence-corrected chi connectivity index (χ0v) is 17.7. The normalized spacial score (nSPS) is 12.7. The summed E-state index contributed by atoms with van der Waals surface area (Å²) in [6.45, 7) is 4.47. The van der Waals surface area contributed by atoms with Crippen LogP contribution in [0.1, 0.15) is 70.8 Å². The van der Waals surface area contributed by atoms with E-state index in [1.54, 1.807) is 12.1 Å². The molecule has 0 aliphatic carbocycles. The topological polar surface area (TPSA) is 57.2 Å². The van der Waals surface area contributed by atoms with Crippen molar-refractivity contribution in [1.82, 2.24) is 0 Å². The maximum atomic E-state index is 10.9. The summed E-state index contributed by atoms with van der Waals surface area (Å²) < 4.78 is 32.6. The molecule has 5 heteroatoms. The van der Waals surface area contributed by atoms with Gasteiger partial charge in [0.1, 0.15) is 10.1 Å². The molecule has 1 aromatic rings. The van der Waals surface area contributed by atoms with Crippen molar-refractivity contribution >= 4 is 10.1 Å². The Kier molecular flexibility index (Phi) is 12.6. The van der Waals surface area contributed by atoms with Gasteiger partial charge in [-0.2, -0.15) is 0 Å². The third kappa shape index (κ3) is 10.6. The SMILES string of the molecule is CCCCCCCCCC(C)Cc1ccc(S(=O)(=O)[O-])cc1.[Na+]. The summed E-state index contributed by atoms with van der Waals surface area (Å²) in [7, 11) is -4.33. The largest absolute Gasteiger partial charge is 1.00 e. The molecule has 3 nitrogen and oxygen atoms in total. The van der Waals surface area contributed by atoms with Crippen molar-refractivity contribution in [3.05, 3.63) is 29.8 Å². The smallest absolute Gasteiger partial charge is 0.744 e. The third-order valence-electron chi connectivity index (χ3n) is 4.10. The molecule has 23 heavy (non-hydrogen) atoms. The minimum atomic E-state index is -4.33. The van der Waals surface area contributed by atoms with Gasteiger partial charge in [-0.25, -0.2) is 8.42 Å². The van der Waals surface area contributed by atoms with Crippen molar-refractivity contribution in [3.8, 4) is 0 Å². The summed E-state index contributed by atoms with van der Waals surface area (Å²) in [4.78, 5) is -0.143. The van der Waals surface area contributed by atoms with Crippen molar-refractivity contribution < 1.29 is 42.5 Å². The number of unbranched alkanes of at least 4 members (excludes halogenated alkanes) is 6. The first-order valence-electron chi connectivity index (χ1n) is 8.48. The molecule has 0 bridgehead atoms. The van der Waals surface area contributed by atoms with E-state index in [0.29, 0.717) is 5.92 Å². The number of hydrogen-bond acceptors (Lipinski definition) is 3. The van der Waals surface area contributed by atoms with E-state index in [2.05, 4.69) is 13.8 Å². The van der Waals surface area contributed by atoms with Gasteiger partial charge in [0.05, 0.1) is 4.90 Å². The van der Waals surface area contributed by atoms with Gasteiger partial charge in [0, 0.05) is 0 Å². The molecule has 1 aromatic carbocycles. The maximum absolute atomic E-state index is 10.9. The Bertz CT molecular complexity index is 512. The minimum absolute atomic E-state index is 0. The zero-order chi connectivity index (χ0) is 16.4. The van der Waals surface area contributed by atoms with E-state index in [-0.39, 0.29) is 34.5 Å². The molecule has 0 fully saturated rings. The fraction of sp³-hybridized carbons (Fsp3) is 0.667. The Balaban J connectivity index is 0.00000484. The molecular weight excluding hydrogens is 319 g/mol. The van der Waals surface area contributed by atoms with E-state index in [9.17, 15) is 13.0 Å². The first kappa shape index (κ1) is 23.1. The van der Waals surface area contributed by atoms with E-state index in [0.717, 1.165) is 12.0 Å². The maximum Gasteiger partial charge on any atom is 1.00 e. The summed E-state index contributed by atoms with van der Waals surface area (Å²) in [5.74, 6) is 0.588. The molecule has 0 heterocycles. The monoisotopic (exact) mass is 348 g/mol. The predicted octanol–water partition coefficient (Wildman–Crippen LogP) is 1.91. The van der Waals surface area contributed by atoms with Crippen molar-refractivity contribution in [2.75, 3.05) is 0 Å². The fourth-order valence-corrected chi connectivity index (χ4v) is 3.22. The molecule has 0 saturated carbocycles. The molecule has 0 spiro atoms.